The van der Waals surface area contributed by atoms with Crippen molar-refractivity contribution in [3.05, 3.63) is 0 Å². The van der Waals surface area contributed by atoms with Gasteiger partial charge in [0.1, 0.15) is 0 Å². The van der Waals surface area contributed by atoms with Crippen LogP contribution in [0.3, 0.4) is 0 Å². The van der Waals surface area contributed by atoms with Gasteiger partial charge in [-0.15, -0.1) is 0 Å². The summed E-state index contributed by atoms with van der Waals surface area (Å²) in [6, 6.07) is 0. The third-order valence-corrected chi connectivity index (χ3v) is 8.30. The summed E-state index contributed by atoms with van der Waals surface area (Å²) in [5.41, 5.74) is -0.0951. The molecule has 0 spiro atoms. The third kappa shape index (κ3) is 14.2. The third-order valence-electron chi connectivity index (χ3n) is 6.31. The Morgan fingerprint density at radius 1 is 0.679 bits per heavy atom. The normalized spacial score (nSPS) is 17.6. The molecule has 0 saturated heterocycles. The molecule has 0 bridgehead atoms. The van der Waals surface area contributed by atoms with E-state index in [2.05, 4.69) is 6.92 Å². The van der Waals surface area contributed by atoms with Crippen LogP contribution >= 0.6 is 7.60 Å². The molecular formula is C24H49O3P. The fourth-order valence-corrected chi connectivity index (χ4v) is 5.98. The first-order valence-electron chi connectivity index (χ1n) is 12.6. The van der Waals surface area contributed by atoms with E-state index in [-0.39, 0.29) is 5.66 Å². The zero-order valence-electron chi connectivity index (χ0n) is 18.8. The monoisotopic (exact) mass is 416 g/mol. The summed E-state index contributed by atoms with van der Waals surface area (Å²) < 4.78 is 17.7. The second kappa shape index (κ2) is 18.0. The standard InChI is InChI=1S/C24H49O3P/c1-2-3-4-5-6-7-8-9-10-11-12-13-14-15-16-20-23-27-28(25,26)24-21-18-17-19-22-24/h24H,2-23H2,1H3,(H,25,26). The highest BCUT2D eigenvalue weighted by molar-refractivity contribution is 7.53. The molecule has 0 amide bonds. The van der Waals surface area contributed by atoms with Gasteiger partial charge in [-0.1, -0.05) is 122 Å². The van der Waals surface area contributed by atoms with Gasteiger partial charge in [-0.25, -0.2) is 0 Å². The van der Waals surface area contributed by atoms with Crippen LogP contribution in [-0.4, -0.2) is 17.2 Å². The molecule has 1 N–H and O–H groups in total. The van der Waals surface area contributed by atoms with Crippen LogP contribution in [0.2, 0.25) is 0 Å². The van der Waals surface area contributed by atoms with E-state index in [9.17, 15) is 9.46 Å². The van der Waals surface area contributed by atoms with E-state index in [0.717, 1.165) is 38.5 Å². The minimum absolute atomic E-state index is 0.0951. The van der Waals surface area contributed by atoms with E-state index in [1.54, 1.807) is 0 Å². The van der Waals surface area contributed by atoms with Crippen molar-refractivity contribution in [2.45, 2.75) is 147 Å². The maximum absolute atomic E-state index is 12.3. The fraction of sp³-hybridized carbons (Fsp3) is 1.00. The van der Waals surface area contributed by atoms with Crippen LogP contribution in [0.15, 0.2) is 0 Å². The van der Waals surface area contributed by atoms with Gasteiger partial charge in [-0.3, -0.25) is 4.57 Å². The van der Waals surface area contributed by atoms with E-state index < -0.39 is 7.60 Å². The molecule has 1 atom stereocenters. The maximum Gasteiger partial charge on any atom is 0.331 e. The zero-order valence-corrected chi connectivity index (χ0v) is 19.7. The quantitative estimate of drug-likeness (QED) is 0.169. The van der Waals surface area contributed by atoms with E-state index in [0.29, 0.717) is 6.61 Å². The highest BCUT2D eigenvalue weighted by Gasteiger charge is 2.33. The summed E-state index contributed by atoms with van der Waals surface area (Å²) >= 11 is 0. The average Bonchev–Trinajstić information content (AvgIpc) is 2.71. The number of hydrogen-bond acceptors (Lipinski definition) is 2. The Morgan fingerprint density at radius 2 is 1.07 bits per heavy atom. The van der Waals surface area contributed by atoms with Gasteiger partial charge in [0.2, 0.25) is 0 Å². The first kappa shape index (κ1) is 26.2. The molecule has 1 saturated carbocycles. The summed E-state index contributed by atoms with van der Waals surface area (Å²) in [4.78, 5) is 10.1. The summed E-state index contributed by atoms with van der Waals surface area (Å²) in [6.07, 6.45) is 26.6. The Labute approximate surface area is 175 Å². The molecular weight excluding hydrogens is 367 g/mol. The van der Waals surface area contributed by atoms with Crippen molar-refractivity contribution >= 4 is 7.60 Å². The molecule has 1 aliphatic carbocycles. The highest BCUT2D eigenvalue weighted by Crippen LogP contribution is 2.52. The van der Waals surface area contributed by atoms with Crippen molar-refractivity contribution in [2.24, 2.45) is 0 Å². The summed E-state index contributed by atoms with van der Waals surface area (Å²) in [5.74, 6) is 0. The van der Waals surface area contributed by atoms with Gasteiger partial charge >= 0.3 is 7.60 Å². The van der Waals surface area contributed by atoms with Crippen LogP contribution in [0, 0.1) is 0 Å². The Balaban J connectivity index is 1.78. The molecule has 0 aromatic rings. The topological polar surface area (TPSA) is 46.5 Å². The highest BCUT2D eigenvalue weighted by atomic mass is 31.2. The lowest BCUT2D eigenvalue weighted by atomic mass is 10.0. The summed E-state index contributed by atoms with van der Waals surface area (Å²) in [6.45, 7) is 2.74. The molecule has 1 unspecified atom stereocenters. The van der Waals surface area contributed by atoms with E-state index in [1.165, 1.54) is 96.3 Å². The molecule has 0 aromatic carbocycles. The van der Waals surface area contributed by atoms with Crippen LogP contribution < -0.4 is 0 Å². The molecule has 0 aliphatic heterocycles. The minimum Gasteiger partial charge on any atom is -0.324 e. The summed E-state index contributed by atoms with van der Waals surface area (Å²) in [5, 5.41) is 0. The second-order valence-electron chi connectivity index (χ2n) is 8.99. The van der Waals surface area contributed by atoms with Crippen molar-refractivity contribution in [1.82, 2.24) is 0 Å². The van der Waals surface area contributed by atoms with Gasteiger partial charge in [0, 0.05) is 0 Å². The van der Waals surface area contributed by atoms with Crippen molar-refractivity contribution in [3.63, 3.8) is 0 Å². The van der Waals surface area contributed by atoms with E-state index in [1.807, 2.05) is 0 Å². The van der Waals surface area contributed by atoms with Gasteiger partial charge < -0.3 is 9.42 Å². The molecule has 168 valence electrons. The zero-order chi connectivity index (χ0) is 20.3. The molecule has 1 rings (SSSR count). The molecule has 3 nitrogen and oxygen atoms in total. The largest absolute Gasteiger partial charge is 0.331 e. The number of rotatable bonds is 19. The van der Waals surface area contributed by atoms with Crippen LogP contribution in [0.1, 0.15) is 142 Å². The van der Waals surface area contributed by atoms with Gasteiger partial charge in [0.15, 0.2) is 0 Å². The van der Waals surface area contributed by atoms with Gasteiger partial charge in [0.25, 0.3) is 0 Å². The summed E-state index contributed by atoms with van der Waals surface area (Å²) in [7, 11) is -3.36. The minimum atomic E-state index is -3.36. The predicted octanol–water partition coefficient (Wildman–Crippen LogP) is 8.78. The first-order chi connectivity index (χ1) is 13.7. The Kier molecular flexibility index (Phi) is 16.8. The van der Waals surface area contributed by atoms with Gasteiger partial charge in [0.05, 0.1) is 12.3 Å². The molecule has 28 heavy (non-hydrogen) atoms. The molecule has 0 radical (unpaired) electrons. The van der Waals surface area contributed by atoms with Gasteiger partial charge in [-0.05, 0) is 19.3 Å². The van der Waals surface area contributed by atoms with Gasteiger partial charge in [-0.2, -0.15) is 0 Å². The van der Waals surface area contributed by atoms with Crippen molar-refractivity contribution in [1.29, 1.82) is 0 Å². The molecule has 0 heterocycles. The molecule has 0 aromatic heterocycles. The second-order valence-corrected chi connectivity index (χ2v) is 11.1. The Bertz CT molecular complexity index is 380. The molecule has 4 heteroatoms. The fourth-order valence-electron chi connectivity index (χ4n) is 4.36. The Hall–Kier alpha value is 0.150. The average molecular weight is 417 g/mol. The van der Waals surface area contributed by atoms with Crippen molar-refractivity contribution < 1.29 is 14.0 Å². The SMILES string of the molecule is CCCCCCCCCCCCCCCCCCOP(=O)(O)C1CCCCC1. The smallest absolute Gasteiger partial charge is 0.324 e. The van der Waals surface area contributed by atoms with Crippen LogP contribution in [0.5, 0.6) is 0 Å². The molecule has 1 aliphatic rings. The Morgan fingerprint density at radius 3 is 1.50 bits per heavy atom. The van der Waals surface area contributed by atoms with Crippen molar-refractivity contribution in [3.8, 4) is 0 Å². The van der Waals surface area contributed by atoms with Crippen LogP contribution in [-0.2, 0) is 9.09 Å². The lowest BCUT2D eigenvalue weighted by Crippen LogP contribution is -2.14. The maximum atomic E-state index is 12.3. The lowest BCUT2D eigenvalue weighted by Gasteiger charge is -2.25. The number of unbranched alkanes of at least 4 members (excludes halogenated alkanes) is 15. The van der Waals surface area contributed by atoms with Crippen LogP contribution in [0.25, 0.3) is 0 Å². The van der Waals surface area contributed by atoms with Crippen molar-refractivity contribution in [2.75, 3.05) is 6.61 Å². The van der Waals surface area contributed by atoms with E-state index in [4.69, 9.17) is 4.52 Å². The lowest BCUT2D eigenvalue weighted by molar-refractivity contribution is 0.237. The first-order valence-corrected chi connectivity index (χ1v) is 14.3. The predicted molar refractivity (Wildman–Crippen MR) is 122 cm³/mol. The molecule has 1 fully saturated rings. The number of hydrogen-bond donors (Lipinski definition) is 1. The van der Waals surface area contributed by atoms with Crippen LogP contribution in [0.4, 0.5) is 0 Å². The van der Waals surface area contributed by atoms with E-state index >= 15 is 0 Å².